The third-order valence-electron chi connectivity index (χ3n) is 2.93. The lowest BCUT2D eigenvalue weighted by molar-refractivity contribution is -0.148. The molecule has 2 rings (SSSR count). The molecule has 0 N–H and O–H groups in total. The van der Waals surface area contributed by atoms with Crippen LogP contribution in [0.5, 0.6) is 5.75 Å². The van der Waals surface area contributed by atoms with E-state index in [1.807, 2.05) is 45.9 Å². The highest BCUT2D eigenvalue weighted by atomic mass is 16.6. The Balaban J connectivity index is 2.20. The number of carbonyl (C=O) groups excluding carboxylic acids is 1. The van der Waals surface area contributed by atoms with Crippen LogP contribution in [-0.4, -0.2) is 18.2 Å². The van der Waals surface area contributed by atoms with E-state index in [9.17, 15) is 4.79 Å². The molecule has 0 saturated heterocycles. The van der Waals surface area contributed by atoms with Crippen molar-refractivity contribution in [2.45, 2.75) is 39.7 Å². The van der Waals surface area contributed by atoms with Crippen molar-refractivity contribution in [3.63, 3.8) is 0 Å². The van der Waals surface area contributed by atoms with Crippen LogP contribution in [0.1, 0.15) is 37.5 Å². The Morgan fingerprint density at radius 1 is 1.37 bits per heavy atom. The molecule has 3 heteroatoms. The van der Waals surface area contributed by atoms with Crippen molar-refractivity contribution in [2.75, 3.05) is 6.61 Å². The zero-order valence-electron chi connectivity index (χ0n) is 11.9. The van der Waals surface area contributed by atoms with Gasteiger partial charge in [-0.2, -0.15) is 0 Å². The second kappa shape index (κ2) is 5.08. The van der Waals surface area contributed by atoms with Crippen LogP contribution in [0, 0.1) is 6.92 Å². The van der Waals surface area contributed by atoms with E-state index in [-0.39, 0.29) is 5.97 Å². The maximum atomic E-state index is 11.7. The highest BCUT2D eigenvalue weighted by molar-refractivity contribution is 5.88. The van der Waals surface area contributed by atoms with Gasteiger partial charge in [-0.1, -0.05) is 6.07 Å². The summed E-state index contributed by atoms with van der Waals surface area (Å²) in [5, 5.41) is 0. The summed E-state index contributed by atoms with van der Waals surface area (Å²) in [5.74, 6) is 0.609. The van der Waals surface area contributed by atoms with Gasteiger partial charge in [0.05, 0.1) is 6.61 Å². The molecule has 19 heavy (non-hydrogen) atoms. The first-order valence-electron chi connectivity index (χ1n) is 6.53. The molecular weight excluding hydrogens is 240 g/mol. The van der Waals surface area contributed by atoms with Gasteiger partial charge >= 0.3 is 5.97 Å². The highest BCUT2D eigenvalue weighted by Gasteiger charge is 2.17. The number of carbonyl (C=O) groups is 1. The first-order chi connectivity index (χ1) is 8.87. The minimum Gasteiger partial charge on any atom is -0.493 e. The average molecular weight is 260 g/mol. The maximum absolute atomic E-state index is 11.7. The monoisotopic (exact) mass is 260 g/mol. The third kappa shape index (κ3) is 3.37. The van der Waals surface area contributed by atoms with Crippen LogP contribution in [0.15, 0.2) is 18.2 Å². The van der Waals surface area contributed by atoms with E-state index in [0.29, 0.717) is 6.61 Å². The summed E-state index contributed by atoms with van der Waals surface area (Å²) in [7, 11) is 0. The third-order valence-corrected chi connectivity index (χ3v) is 2.93. The number of rotatable bonds is 2. The fraction of sp³-hybridized carbons (Fsp3) is 0.438. The van der Waals surface area contributed by atoms with Gasteiger partial charge in [-0.3, -0.25) is 0 Å². The quantitative estimate of drug-likeness (QED) is 0.604. The van der Waals surface area contributed by atoms with Crippen molar-refractivity contribution in [2.24, 2.45) is 0 Å². The second-order valence-electron chi connectivity index (χ2n) is 5.74. The number of aryl methyl sites for hydroxylation is 1. The maximum Gasteiger partial charge on any atom is 0.331 e. The van der Waals surface area contributed by atoms with Crippen molar-refractivity contribution >= 4 is 12.0 Å². The second-order valence-corrected chi connectivity index (χ2v) is 5.74. The van der Waals surface area contributed by atoms with Gasteiger partial charge in [-0.05, 0) is 51.0 Å². The van der Waals surface area contributed by atoms with Gasteiger partial charge < -0.3 is 9.47 Å². The van der Waals surface area contributed by atoms with Crippen LogP contribution < -0.4 is 4.74 Å². The van der Waals surface area contributed by atoms with E-state index in [1.165, 1.54) is 11.6 Å². The molecule has 1 heterocycles. The Hall–Kier alpha value is -1.77. The Morgan fingerprint density at radius 2 is 2.11 bits per heavy atom. The molecule has 0 unspecified atom stereocenters. The van der Waals surface area contributed by atoms with E-state index in [1.54, 1.807) is 0 Å². The largest absolute Gasteiger partial charge is 0.493 e. The predicted molar refractivity (Wildman–Crippen MR) is 75.3 cm³/mol. The molecule has 0 spiro atoms. The van der Waals surface area contributed by atoms with E-state index in [0.717, 1.165) is 23.3 Å². The van der Waals surface area contributed by atoms with E-state index in [4.69, 9.17) is 9.47 Å². The van der Waals surface area contributed by atoms with Gasteiger partial charge in [-0.25, -0.2) is 4.79 Å². The predicted octanol–water partition coefficient (Wildman–Crippen LogP) is 3.28. The van der Waals surface area contributed by atoms with Crippen LogP contribution in [0.25, 0.3) is 6.08 Å². The molecule has 102 valence electrons. The number of benzene rings is 1. The Kier molecular flexibility index (Phi) is 3.65. The van der Waals surface area contributed by atoms with Gasteiger partial charge in [0.1, 0.15) is 11.4 Å². The number of ether oxygens (including phenoxy) is 2. The number of hydrogen-bond donors (Lipinski definition) is 0. The van der Waals surface area contributed by atoms with Crippen LogP contribution in [0.3, 0.4) is 0 Å². The summed E-state index contributed by atoms with van der Waals surface area (Å²) >= 11 is 0. The summed E-state index contributed by atoms with van der Waals surface area (Å²) in [6.45, 7) is 8.33. The highest BCUT2D eigenvalue weighted by Crippen LogP contribution is 2.31. The number of hydrogen-bond acceptors (Lipinski definition) is 3. The minimum atomic E-state index is -0.460. The lowest BCUT2D eigenvalue weighted by Crippen LogP contribution is -2.22. The van der Waals surface area contributed by atoms with Crippen LogP contribution in [0.4, 0.5) is 0 Å². The molecule has 0 aromatic heterocycles. The summed E-state index contributed by atoms with van der Waals surface area (Å²) in [6, 6.07) is 4.00. The van der Waals surface area contributed by atoms with Crippen molar-refractivity contribution in [3.8, 4) is 5.75 Å². The summed E-state index contributed by atoms with van der Waals surface area (Å²) in [4.78, 5) is 11.7. The molecule has 0 amide bonds. The Labute approximate surface area is 114 Å². The molecule has 1 aromatic rings. The van der Waals surface area contributed by atoms with Crippen molar-refractivity contribution in [3.05, 3.63) is 34.9 Å². The average Bonchev–Trinajstić information content (AvgIpc) is 2.73. The molecule has 0 bridgehead atoms. The number of esters is 1. The SMILES string of the molecule is Cc1ccc2c(c1/C=C/C(=O)OC(C)(C)C)CCO2. The van der Waals surface area contributed by atoms with Crippen LogP contribution in [0.2, 0.25) is 0 Å². The van der Waals surface area contributed by atoms with E-state index in [2.05, 4.69) is 0 Å². The van der Waals surface area contributed by atoms with Crippen LogP contribution in [-0.2, 0) is 16.0 Å². The normalized spacial score (nSPS) is 14.3. The van der Waals surface area contributed by atoms with Gasteiger partial charge in [0.25, 0.3) is 0 Å². The summed E-state index contributed by atoms with van der Waals surface area (Å²) in [6.07, 6.45) is 4.22. The zero-order chi connectivity index (χ0) is 14.0. The molecule has 3 nitrogen and oxygen atoms in total. The number of fused-ring (bicyclic) bond motifs is 1. The van der Waals surface area contributed by atoms with Crippen LogP contribution >= 0.6 is 0 Å². The topological polar surface area (TPSA) is 35.5 Å². The van der Waals surface area contributed by atoms with Crippen molar-refractivity contribution < 1.29 is 14.3 Å². The molecular formula is C16H20O3. The standard InChI is InChI=1S/C16H20O3/c1-11-5-7-14-13(9-10-18-14)12(11)6-8-15(17)19-16(2,3)4/h5-8H,9-10H2,1-4H3/b8-6+. The first kappa shape index (κ1) is 13.7. The summed E-state index contributed by atoms with van der Waals surface area (Å²) in [5.41, 5.74) is 2.93. The summed E-state index contributed by atoms with van der Waals surface area (Å²) < 4.78 is 10.8. The van der Waals surface area contributed by atoms with Gasteiger partial charge in [-0.15, -0.1) is 0 Å². The van der Waals surface area contributed by atoms with Gasteiger partial charge in [0.2, 0.25) is 0 Å². The molecule has 0 radical (unpaired) electrons. The van der Waals surface area contributed by atoms with Gasteiger partial charge in [0.15, 0.2) is 0 Å². The first-order valence-corrected chi connectivity index (χ1v) is 6.53. The zero-order valence-corrected chi connectivity index (χ0v) is 11.9. The van der Waals surface area contributed by atoms with E-state index < -0.39 is 5.60 Å². The molecule has 0 atom stereocenters. The molecule has 1 aliphatic rings. The van der Waals surface area contributed by atoms with E-state index >= 15 is 0 Å². The smallest absolute Gasteiger partial charge is 0.331 e. The molecule has 0 saturated carbocycles. The molecule has 0 aliphatic carbocycles. The van der Waals surface area contributed by atoms with Crippen molar-refractivity contribution in [1.82, 2.24) is 0 Å². The fourth-order valence-electron chi connectivity index (χ4n) is 2.14. The lowest BCUT2D eigenvalue weighted by Gasteiger charge is -2.18. The fourth-order valence-corrected chi connectivity index (χ4v) is 2.14. The Morgan fingerprint density at radius 3 is 2.79 bits per heavy atom. The minimum absolute atomic E-state index is 0.316. The molecule has 1 aliphatic heterocycles. The van der Waals surface area contributed by atoms with Crippen molar-refractivity contribution in [1.29, 1.82) is 0 Å². The molecule has 1 aromatic carbocycles. The molecule has 0 fully saturated rings. The Bertz CT molecular complexity index is 522. The lowest BCUT2D eigenvalue weighted by atomic mass is 9.99. The van der Waals surface area contributed by atoms with Gasteiger partial charge in [0, 0.05) is 18.1 Å².